The number of hydrogen-bond acceptors (Lipinski definition) is 25. The zero-order valence-electron chi connectivity index (χ0n) is 80.1. The van der Waals surface area contributed by atoms with Gasteiger partial charge >= 0.3 is 5.20 Å². The Balaban J connectivity index is 0.000000176. The Labute approximate surface area is 866 Å². The molecule has 0 unspecified atom stereocenters. The number of H-pyrrole nitrogens is 2. The summed E-state index contributed by atoms with van der Waals surface area (Å²) < 4.78 is 9.51. The first kappa shape index (κ1) is 111. The topological polar surface area (TPSA) is 314 Å². The van der Waals surface area contributed by atoms with Gasteiger partial charge in [-0.25, -0.2) is 10.2 Å². The third-order valence-corrected chi connectivity index (χ3v) is 23.1. The van der Waals surface area contributed by atoms with Gasteiger partial charge in [-0.1, -0.05) is 256 Å². The molecular weight excluding hydrogens is 1950 g/mol. The number of halogens is 6. The Morgan fingerprint density at radius 3 is 0.769 bits per heavy atom. The average Bonchev–Trinajstić information content (AvgIpc) is 0.805. The smallest absolute Gasteiger partial charge is 0.339 e. The number of anilines is 7. The third-order valence-electron chi connectivity index (χ3n) is 22.7. The van der Waals surface area contributed by atoms with Gasteiger partial charge in [-0.2, -0.15) is 10.2 Å². The maximum absolute atomic E-state index is 12.8. The molecule has 5 saturated heterocycles. The summed E-state index contributed by atoms with van der Waals surface area (Å²) in [6.45, 7) is 15.8. The Kier molecular flexibility index (Phi) is 44.4. The van der Waals surface area contributed by atoms with Crippen LogP contribution in [0.5, 0.6) is 0 Å². The number of nitrogens with zero attached hydrogens (tertiary/aromatic N) is 19. The Morgan fingerprint density at radius 2 is 0.524 bits per heavy atom. The number of benzene rings is 9. The summed E-state index contributed by atoms with van der Waals surface area (Å²) in [4.78, 5) is 94.7. The van der Waals surface area contributed by atoms with Crippen LogP contribution in [0.15, 0.2) is 313 Å². The van der Waals surface area contributed by atoms with Gasteiger partial charge in [0.25, 0.3) is 34.1 Å². The van der Waals surface area contributed by atoms with Gasteiger partial charge < -0.3 is 64.5 Å². The molecule has 19 rings (SSSR count). The molecule has 5 aromatic heterocycles. The van der Waals surface area contributed by atoms with Gasteiger partial charge in [0.2, 0.25) is 0 Å². The van der Waals surface area contributed by atoms with Crippen molar-refractivity contribution >= 4 is 138 Å². The highest BCUT2D eigenvalue weighted by Gasteiger charge is 2.30. The highest BCUT2D eigenvalue weighted by atomic mass is 36.0. The molecule has 4 N–H and O–H groups in total. The van der Waals surface area contributed by atoms with Crippen LogP contribution in [0.25, 0.3) is 56.3 Å². The van der Waals surface area contributed by atoms with Gasteiger partial charge in [-0.05, 0) is 103 Å². The van der Waals surface area contributed by atoms with E-state index in [0.717, 1.165) is 180 Å². The SMILES string of the molecule is C.CN(C)C.CN(C)c1cc(N2CCN(C(=O)c3ccccc3)CC2)c(-c2ccccc2)nn1.CN(C)c1cc(N2CCNCC2)c(-c2ccccc2)nn1.Cl.O=C(Cl)c1ccccc1.O=C(c1ccccc1)N1CCN(c2cc(=O)[nH]nc2-c2ccccc2)CC1.O=C(c1ccccc1)N1CCN(c2cc(Cl)nnc2-c2ccccc2)CC1.O=P(Cl)(Cl)Cl.O=c1cc(N2CCNCC2)c(-c2ccccc2)n[nH]1. The van der Waals surface area contributed by atoms with E-state index < -0.39 is 10.4 Å². The molecule has 0 aliphatic carbocycles. The van der Waals surface area contributed by atoms with E-state index in [4.69, 9.17) is 23.2 Å². The number of rotatable bonds is 16. The molecule has 0 atom stereocenters. The molecule has 0 bridgehead atoms. The number of amides is 3. The van der Waals surface area contributed by atoms with Crippen molar-refractivity contribution in [3.8, 4) is 56.3 Å². The second-order valence-electron chi connectivity index (χ2n) is 33.6. The van der Waals surface area contributed by atoms with Crippen molar-refractivity contribution in [2.24, 2.45) is 0 Å². The second kappa shape index (κ2) is 57.0. The van der Waals surface area contributed by atoms with Crippen molar-refractivity contribution in [3.63, 3.8) is 0 Å². The summed E-state index contributed by atoms with van der Waals surface area (Å²) in [7, 11) is 13.9. The fourth-order valence-corrected chi connectivity index (χ4v) is 15.9. The first-order valence-corrected chi connectivity index (χ1v) is 51.2. The summed E-state index contributed by atoms with van der Waals surface area (Å²) in [5.41, 5.74) is 16.6. The molecule has 9 aromatic carbocycles. The summed E-state index contributed by atoms with van der Waals surface area (Å²) >= 11 is 25.1. The lowest BCUT2D eigenvalue weighted by atomic mass is 10.1. The molecule has 5 aliphatic rings. The maximum atomic E-state index is 12.8. The van der Waals surface area contributed by atoms with Crippen molar-refractivity contribution < 1.29 is 23.7 Å². The van der Waals surface area contributed by atoms with Gasteiger partial charge in [0.15, 0.2) is 16.8 Å². The number of aromatic amines is 2. The monoisotopic (exact) mass is 2070 g/mol. The normalized spacial score (nSPS) is 13.7. The number of nitrogens with one attached hydrogen (secondary N) is 4. The van der Waals surface area contributed by atoms with Crippen LogP contribution in [-0.2, 0) is 4.57 Å². The van der Waals surface area contributed by atoms with Crippen molar-refractivity contribution in [3.05, 3.63) is 351 Å². The van der Waals surface area contributed by atoms with Crippen LogP contribution in [0.1, 0.15) is 48.9 Å². The molecule has 37 heteroatoms. The fraction of sp³-hybridized carbons (Fsp3) is 0.264. The highest BCUT2D eigenvalue weighted by Crippen LogP contribution is 2.61. The molecule has 0 spiro atoms. The minimum Gasteiger partial charge on any atom is -0.367 e. The van der Waals surface area contributed by atoms with Crippen molar-refractivity contribution in [1.29, 1.82) is 0 Å². The molecule has 3 amide bonds. The van der Waals surface area contributed by atoms with E-state index in [9.17, 15) is 33.3 Å². The summed E-state index contributed by atoms with van der Waals surface area (Å²) in [5, 5.41) is 43.1. The van der Waals surface area contributed by atoms with Crippen molar-refractivity contribution in [2.45, 2.75) is 7.43 Å². The second-order valence-corrected chi connectivity index (χ2v) is 41.0. The molecule has 10 heterocycles. The number of aromatic nitrogens is 10. The van der Waals surface area contributed by atoms with E-state index in [1.54, 1.807) is 36.4 Å². The molecule has 5 aliphatic heterocycles. The summed E-state index contributed by atoms with van der Waals surface area (Å²) in [6, 6.07) is 96.3. The predicted octanol–water partition coefficient (Wildman–Crippen LogP) is 17.9. The van der Waals surface area contributed by atoms with Gasteiger partial charge in [0, 0.05) is 239 Å². The quantitative estimate of drug-likeness (QED) is 0.0516. The van der Waals surface area contributed by atoms with E-state index >= 15 is 0 Å². The first-order chi connectivity index (χ1) is 68.2. The molecule has 5 fully saturated rings. The van der Waals surface area contributed by atoms with E-state index in [1.807, 2.05) is 309 Å². The molecule has 748 valence electrons. The summed E-state index contributed by atoms with van der Waals surface area (Å²) in [6.07, 6.45) is 0. The Bertz CT molecular complexity index is 6430. The van der Waals surface area contributed by atoms with Crippen LogP contribution < -0.4 is 56.1 Å². The number of hydrogen-bond donors (Lipinski definition) is 4. The molecule has 143 heavy (non-hydrogen) atoms. The van der Waals surface area contributed by atoms with Crippen LogP contribution in [0.2, 0.25) is 5.15 Å². The van der Waals surface area contributed by atoms with Crippen LogP contribution in [0.3, 0.4) is 0 Å². The molecule has 0 saturated carbocycles. The van der Waals surface area contributed by atoms with Crippen LogP contribution in [0, 0.1) is 0 Å². The first-order valence-electron chi connectivity index (χ1n) is 46.1. The van der Waals surface area contributed by atoms with Crippen LogP contribution >= 0.6 is 74.5 Å². The average molecular weight is 2070 g/mol. The van der Waals surface area contributed by atoms with Gasteiger partial charge in [-0.15, -0.1) is 43.0 Å². The highest BCUT2D eigenvalue weighted by molar-refractivity contribution is 8.24. The standard InChI is InChI=1S/C23H25N5O.C21H19ClN4O.C21H20N4O2.C16H21N5.C14H16N4O.C7H5ClO.C3H9N.CH4.Cl3OP.ClH/c1-26(2)21-17-20(22(25-24-21)18-9-5-3-6-10-18)27-13-15-28(16-14-27)23(29)19-11-7-4-8-12-19;22-19-15-18(20(24-23-19)16-7-3-1-4-8-16)25-11-13-26(14-12-25)21(27)17-9-5-2-6-10-17;26-19-15-18(20(23-22-19)16-7-3-1-4-8-16)24-11-13-25(14-12-24)21(27)17-9-5-2-6-10-17;1-20(2)15-12-14(21-10-8-17-9-11-21)16(19-18-15)13-6-4-3-5-7-13;19-13-10-12(18-8-6-15-7-9-18)14(17-16-13)11-4-2-1-3-5-11;8-7(9)6-4-2-1-3-5-6;1-4(2)3;;1-5(2,3)4;/h3-12,17H,13-16H2,1-2H3;1-10,15H,11-14H2;1-10,15H,11-14H2,(H,22,26);3-7,12,17H,8-11H2,1-2H3;1-5,10,15H,6-9H2,(H,16,19);1-5H;1-3H3;1H4;;1H. The van der Waals surface area contributed by atoms with Crippen molar-refractivity contribution in [2.75, 3.05) is 215 Å². The minimum atomic E-state index is -3.22. The van der Waals surface area contributed by atoms with Crippen LogP contribution in [0.4, 0.5) is 40.1 Å². The largest absolute Gasteiger partial charge is 0.367 e. The lowest BCUT2D eigenvalue weighted by molar-refractivity contribution is 0.0739. The number of carbonyl (C=O) groups is 4. The van der Waals surface area contributed by atoms with Crippen LogP contribution in [-0.4, -0.2) is 274 Å². The zero-order valence-corrected chi connectivity index (χ0v) is 85.6. The van der Waals surface area contributed by atoms with Gasteiger partial charge in [0.05, 0.1) is 28.4 Å². The minimum absolute atomic E-state index is 0. The third kappa shape index (κ3) is 34.1. The molecule has 14 aromatic rings. The summed E-state index contributed by atoms with van der Waals surface area (Å²) in [5.74, 6) is 1.92. The van der Waals surface area contributed by atoms with E-state index in [2.05, 4.69) is 156 Å². The number of carbonyl (C=O) groups excluding carboxylic acids is 4. The van der Waals surface area contributed by atoms with Gasteiger partial charge in [0.1, 0.15) is 28.5 Å². The van der Waals surface area contributed by atoms with E-state index in [1.165, 1.54) is 5.69 Å². The molecule has 0 radical (unpaired) electrons. The maximum Gasteiger partial charge on any atom is 0.339 e. The predicted molar refractivity (Wildman–Crippen MR) is 586 cm³/mol. The van der Waals surface area contributed by atoms with Gasteiger partial charge in [-0.3, -0.25) is 33.3 Å². The fourth-order valence-electron chi connectivity index (χ4n) is 15.7. The Hall–Kier alpha value is -13.5. The van der Waals surface area contributed by atoms with E-state index in [-0.39, 0.29) is 48.7 Å². The van der Waals surface area contributed by atoms with E-state index in [0.29, 0.717) is 68.6 Å². The zero-order chi connectivity index (χ0) is 100.0. The lowest BCUT2D eigenvalue weighted by Crippen LogP contribution is -2.49. The van der Waals surface area contributed by atoms with Crippen molar-refractivity contribution in [1.82, 2.24) is 81.2 Å². The Morgan fingerprint density at radius 1 is 0.308 bits per heavy atom. The molecule has 30 nitrogen and oxygen atoms in total. The lowest BCUT2D eigenvalue weighted by Gasteiger charge is -2.37. The molecular formula is C106H120Cl6N23O7P. The number of piperazine rings is 5.